The third-order valence-corrected chi connectivity index (χ3v) is 3.98. The predicted molar refractivity (Wildman–Crippen MR) is 80.1 cm³/mol. The first-order valence-corrected chi connectivity index (χ1v) is 7.33. The SMILES string of the molecule is O=C(c1ccc2cn[nH]c2c1)N1CCCN(CCO)CC1. The predicted octanol–water partition coefficient (Wildman–Crippen LogP) is 0.703. The van der Waals surface area contributed by atoms with Crippen LogP contribution in [0.3, 0.4) is 0 Å². The molecule has 0 atom stereocenters. The first-order chi connectivity index (χ1) is 10.3. The van der Waals surface area contributed by atoms with Crippen molar-refractivity contribution in [3.8, 4) is 0 Å². The van der Waals surface area contributed by atoms with Crippen LogP contribution in [0.5, 0.6) is 0 Å². The average molecular weight is 288 g/mol. The summed E-state index contributed by atoms with van der Waals surface area (Å²) in [5, 5.41) is 16.9. The normalized spacial score (nSPS) is 17.1. The first kappa shape index (κ1) is 14.0. The quantitative estimate of drug-likeness (QED) is 0.872. The zero-order chi connectivity index (χ0) is 14.7. The minimum atomic E-state index is 0.0670. The Morgan fingerprint density at radius 3 is 3.05 bits per heavy atom. The summed E-state index contributed by atoms with van der Waals surface area (Å²) in [5.41, 5.74) is 1.58. The molecule has 6 heteroatoms. The molecule has 1 fully saturated rings. The number of aliphatic hydroxyl groups is 1. The lowest BCUT2D eigenvalue weighted by atomic mass is 10.1. The molecule has 1 aromatic heterocycles. The van der Waals surface area contributed by atoms with Crippen LogP contribution in [-0.2, 0) is 0 Å². The highest BCUT2D eigenvalue weighted by atomic mass is 16.3. The van der Waals surface area contributed by atoms with Gasteiger partial charge in [0.25, 0.3) is 5.91 Å². The molecule has 0 spiro atoms. The van der Waals surface area contributed by atoms with Crippen LogP contribution in [0.1, 0.15) is 16.8 Å². The van der Waals surface area contributed by atoms with Crippen LogP contribution >= 0.6 is 0 Å². The maximum absolute atomic E-state index is 12.6. The second-order valence-electron chi connectivity index (χ2n) is 5.38. The van der Waals surface area contributed by atoms with Crippen LogP contribution in [0, 0.1) is 0 Å². The molecule has 3 rings (SSSR count). The molecule has 1 amide bonds. The lowest BCUT2D eigenvalue weighted by Crippen LogP contribution is -2.35. The monoisotopic (exact) mass is 288 g/mol. The van der Waals surface area contributed by atoms with Crippen molar-refractivity contribution in [3.05, 3.63) is 30.0 Å². The summed E-state index contributed by atoms with van der Waals surface area (Å²) < 4.78 is 0. The fourth-order valence-electron chi connectivity index (χ4n) is 2.79. The number of carbonyl (C=O) groups excluding carboxylic acids is 1. The standard InChI is InChI=1S/C15H20N4O2/c20-9-8-18-4-1-5-19(7-6-18)15(21)12-2-3-13-11-16-17-14(13)10-12/h2-3,10-11,20H,1,4-9H2,(H,16,17). The Kier molecular flexibility index (Phi) is 4.17. The van der Waals surface area contributed by atoms with Crippen molar-refractivity contribution in [1.82, 2.24) is 20.0 Å². The van der Waals surface area contributed by atoms with Crippen molar-refractivity contribution >= 4 is 16.8 Å². The maximum atomic E-state index is 12.6. The fourth-order valence-corrected chi connectivity index (χ4v) is 2.79. The van der Waals surface area contributed by atoms with Crippen LogP contribution < -0.4 is 0 Å². The summed E-state index contributed by atoms with van der Waals surface area (Å²) >= 11 is 0. The number of amides is 1. The van der Waals surface area contributed by atoms with Gasteiger partial charge in [-0.2, -0.15) is 5.10 Å². The Morgan fingerprint density at radius 2 is 2.19 bits per heavy atom. The van der Waals surface area contributed by atoms with Gasteiger partial charge in [-0.1, -0.05) is 6.07 Å². The van der Waals surface area contributed by atoms with Gasteiger partial charge in [-0.25, -0.2) is 0 Å². The van der Waals surface area contributed by atoms with Crippen molar-refractivity contribution in [2.45, 2.75) is 6.42 Å². The molecule has 1 aromatic carbocycles. The molecular formula is C15H20N4O2. The number of hydrogen-bond acceptors (Lipinski definition) is 4. The number of aliphatic hydroxyl groups excluding tert-OH is 1. The van der Waals surface area contributed by atoms with Gasteiger partial charge in [-0.05, 0) is 25.1 Å². The lowest BCUT2D eigenvalue weighted by molar-refractivity contribution is 0.0760. The number of aromatic amines is 1. The second-order valence-corrected chi connectivity index (χ2v) is 5.38. The van der Waals surface area contributed by atoms with Crippen molar-refractivity contribution in [3.63, 3.8) is 0 Å². The molecule has 0 radical (unpaired) electrons. The van der Waals surface area contributed by atoms with E-state index in [0.717, 1.165) is 37.0 Å². The van der Waals surface area contributed by atoms with Gasteiger partial charge in [0, 0.05) is 37.1 Å². The summed E-state index contributed by atoms with van der Waals surface area (Å²) in [4.78, 5) is 16.7. The smallest absolute Gasteiger partial charge is 0.253 e. The number of fused-ring (bicyclic) bond motifs is 1. The number of carbonyl (C=O) groups is 1. The van der Waals surface area contributed by atoms with E-state index < -0.39 is 0 Å². The van der Waals surface area contributed by atoms with E-state index in [0.29, 0.717) is 18.7 Å². The topological polar surface area (TPSA) is 72.5 Å². The number of β-amino-alcohol motifs (C(OH)–C–C–N with tert-alkyl or cyclic N) is 1. The van der Waals surface area contributed by atoms with Crippen LogP contribution in [0.15, 0.2) is 24.4 Å². The van der Waals surface area contributed by atoms with Gasteiger partial charge in [0.15, 0.2) is 0 Å². The number of nitrogens with zero attached hydrogens (tertiary/aromatic N) is 3. The summed E-state index contributed by atoms with van der Waals surface area (Å²) in [6.07, 6.45) is 2.69. The summed E-state index contributed by atoms with van der Waals surface area (Å²) in [6, 6.07) is 5.64. The lowest BCUT2D eigenvalue weighted by Gasteiger charge is -2.21. The van der Waals surface area contributed by atoms with Crippen LogP contribution in [0.4, 0.5) is 0 Å². The molecule has 1 aliphatic rings. The Hall–Kier alpha value is -1.92. The molecule has 2 heterocycles. The zero-order valence-corrected chi connectivity index (χ0v) is 12.0. The Bertz CT molecular complexity index is 625. The molecule has 2 aromatic rings. The number of hydrogen-bond donors (Lipinski definition) is 2. The van der Waals surface area contributed by atoms with Crippen LogP contribution in [0.2, 0.25) is 0 Å². The van der Waals surface area contributed by atoms with Gasteiger partial charge >= 0.3 is 0 Å². The van der Waals surface area contributed by atoms with E-state index in [2.05, 4.69) is 15.1 Å². The van der Waals surface area contributed by atoms with Gasteiger partial charge in [-0.15, -0.1) is 0 Å². The van der Waals surface area contributed by atoms with Gasteiger partial charge in [-0.3, -0.25) is 14.8 Å². The van der Waals surface area contributed by atoms with Crippen molar-refractivity contribution in [2.24, 2.45) is 0 Å². The van der Waals surface area contributed by atoms with E-state index in [9.17, 15) is 4.79 Å². The second kappa shape index (κ2) is 6.24. The Balaban J connectivity index is 1.72. The van der Waals surface area contributed by atoms with E-state index in [1.165, 1.54) is 0 Å². The Labute approximate surface area is 123 Å². The minimum absolute atomic E-state index is 0.0670. The number of nitrogens with one attached hydrogen (secondary N) is 1. The van der Waals surface area contributed by atoms with E-state index in [4.69, 9.17) is 5.11 Å². The summed E-state index contributed by atoms with van der Waals surface area (Å²) in [5.74, 6) is 0.0670. The van der Waals surface area contributed by atoms with Crippen molar-refractivity contribution in [1.29, 1.82) is 0 Å². The fraction of sp³-hybridized carbons (Fsp3) is 0.467. The molecule has 0 saturated carbocycles. The molecule has 112 valence electrons. The van der Waals surface area contributed by atoms with Gasteiger partial charge < -0.3 is 10.0 Å². The van der Waals surface area contributed by atoms with E-state index >= 15 is 0 Å². The molecular weight excluding hydrogens is 268 g/mol. The van der Waals surface area contributed by atoms with Crippen molar-refractivity contribution < 1.29 is 9.90 Å². The average Bonchev–Trinajstić information content (AvgIpc) is 2.85. The highest BCUT2D eigenvalue weighted by Gasteiger charge is 2.20. The summed E-state index contributed by atoms with van der Waals surface area (Å²) in [7, 11) is 0. The van der Waals surface area contributed by atoms with Gasteiger partial charge in [0.2, 0.25) is 0 Å². The third-order valence-electron chi connectivity index (χ3n) is 3.98. The van der Waals surface area contributed by atoms with Crippen LogP contribution in [-0.4, -0.2) is 70.3 Å². The van der Waals surface area contributed by atoms with E-state index in [-0.39, 0.29) is 12.5 Å². The molecule has 21 heavy (non-hydrogen) atoms. The molecule has 6 nitrogen and oxygen atoms in total. The largest absolute Gasteiger partial charge is 0.395 e. The first-order valence-electron chi connectivity index (χ1n) is 7.33. The van der Waals surface area contributed by atoms with Crippen LogP contribution in [0.25, 0.3) is 10.9 Å². The molecule has 1 aliphatic heterocycles. The van der Waals surface area contributed by atoms with E-state index in [1.54, 1.807) is 6.20 Å². The number of H-pyrrole nitrogens is 1. The third kappa shape index (κ3) is 3.06. The number of rotatable bonds is 3. The van der Waals surface area contributed by atoms with Gasteiger partial charge in [0.05, 0.1) is 18.3 Å². The van der Waals surface area contributed by atoms with Gasteiger partial charge in [0.1, 0.15) is 0 Å². The maximum Gasteiger partial charge on any atom is 0.253 e. The molecule has 2 N–H and O–H groups in total. The summed E-state index contributed by atoms with van der Waals surface area (Å²) in [6.45, 7) is 4.08. The minimum Gasteiger partial charge on any atom is -0.395 e. The number of aromatic nitrogens is 2. The highest BCUT2D eigenvalue weighted by Crippen LogP contribution is 2.15. The zero-order valence-electron chi connectivity index (χ0n) is 12.0. The van der Waals surface area contributed by atoms with E-state index in [1.807, 2.05) is 23.1 Å². The molecule has 0 unspecified atom stereocenters. The number of benzene rings is 1. The molecule has 0 aliphatic carbocycles. The van der Waals surface area contributed by atoms with Crippen molar-refractivity contribution in [2.75, 3.05) is 39.3 Å². The Morgan fingerprint density at radius 1 is 1.29 bits per heavy atom. The molecule has 1 saturated heterocycles. The molecule has 0 bridgehead atoms. The highest BCUT2D eigenvalue weighted by molar-refractivity contribution is 5.97.